The molecule has 0 atom stereocenters. The molecule has 0 aliphatic heterocycles. The Hall–Kier alpha value is -15.8. The molecule has 0 radical (unpaired) electrons. The Morgan fingerprint density at radius 2 is 0.239 bits per heavy atom. The Morgan fingerprint density at radius 1 is 0.172 bits per heavy atom. The second-order valence-electron chi connectivity index (χ2n) is 23.9. The van der Waals surface area contributed by atoms with Crippen LogP contribution < -0.4 is 0 Å². The summed E-state index contributed by atoms with van der Waals surface area (Å²) in [5, 5.41) is 125. The summed E-state index contributed by atoms with van der Waals surface area (Å²) in [6.45, 7) is 35.4. The van der Waals surface area contributed by atoms with Gasteiger partial charge in [0.2, 0.25) is 0 Å². The molecule has 18 heterocycles. The zero-order valence-electron chi connectivity index (χ0n) is 74.4. The number of fused-ring (bicyclic) bond motifs is 9. The number of rotatable bonds is 0. The molecule has 18 aromatic rings. The molecule has 0 spiro atoms. The largest absolute Gasteiger partial charge is 3.00 e. The van der Waals surface area contributed by atoms with Crippen molar-refractivity contribution in [3.8, 4) is 0 Å². The van der Waals surface area contributed by atoms with Crippen LogP contribution in [-0.4, -0.2) is 207 Å². The molecule has 134 heavy (non-hydrogen) atoms. The fraction of sp³-hybridized carbons (Fsp3) is 0.286. The molecule has 0 aliphatic carbocycles. The van der Waals surface area contributed by atoms with Crippen molar-refractivity contribution in [2.75, 3.05) is 0 Å². The molecule has 27 N–H and O–H groups in total. The first-order valence-corrected chi connectivity index (χ1v) is 34.0. The van der Waals surface area contributed by atoms with Gasteiger partial charge in [0.1, 0.15) is 56.9 Å². The van der Waals surface area contributed by atoms with Gasteiger partial charge in [-0.2, -0.15) is 90.7 Å². The summed E-state index contributed by atoms with van der Waals surface area (Å²) in [5.41, 5.74) is 18.3. The summed E-state index contributed by atoms with van der Waals surface area (Å²) in [5.74, 6) is 6.02. The fourth-order valence-electron chi connectivity index (χ4n) is 10.0. The average Bonchev–Trinajstić information content (AvgIpc) is 1.83. The minimum Gasteiger partial charge on any atom is -0.457 e. The van der Waals surface area contributed by atoms with E-state index in [1.54, 1.807) is 40.6 Å². The van der Waals surface area contributed by atoms with Crippen LogP contribution in [0.4, 0.5) is 0 Å². The quantitative estimate of drug-likeness (QED) is 0.0826. The molecule has 0 aliphatic rings. The third kappa shape index (κ3) is 46.4. The van der Waals surface area contributed by atoms with Gasteiger partial charge in [-0.05, 0) is 179 Å². The van der Waals surface area contributed by atoms with Crippen molar-refractivity contribution in [1.29, 1.82) is 0 Å². The van der Waals surface area contributed by atoms with E-state index in [1.165, 1.54) is 56.9 Å². The predicted molar refractivity (Wildman–Crippen MR) is 468 cm³/mol. The second kappa shape index (κ2) is 65.7. The van der Waals surface area contributed by atoms with E-state index in [0.717, 1.165) is 102 Å². The average molecular weight is 2150 g/mol. The van der Waals surface area contributed by atoms with Crippen LogP contribution in [0.25, 0.3) is 52.0 Å². The third-order valence-electron chi connectivity index (χ3n) is 14.0. The van der Waals surface area contributed by atoms with Gasteiger partial charge in [0.05, 0.1) is 30.5 Å². The van der Waals surface area contributed by atoms with Crippen molar-refractivity contribution < 1.29 is 151 Å². The van der Waals surface area contributed by atoms with Gasteiger partial charge in [0.15, 0.2) is 0 Å². The summed E-state index contributed by atoms with van der Waals surface area (Å²) in [6, 6.07) is 17.8. The van der Waals surface area contributed by atoms with E-state index in [2.05, 4.69) is 136 Å². The topological polar surface area (TPSA) is 1080 Å². The van der Waals surface area contributed by atoms with Gasteiger partial charge in [-0.1, -0.05) is 0 Å². The van der Waals surface area contributed by atoms with Gasteiger partial charge in [0.25, 0.3) is 52.0 Å². The van der Waals surface area contributed by atoms with E-state index in [9.17, 15) is 0 Å². The van der Waals surface area contributed by atoms with Crippen LogP contribution in [0.3, 0.4) is 0 Å². The number of hydrogen-bond acceptors (Lipinski definition) is 45. The van der Waals surface area contributed by atoms with Crippen LogP contribution in [0.2, 0.25) is 0 Å². The molecule has 0 fully saturated rings. The van der Waals surface area contributed by atoms with Crippen molar-refractivity contribution in [2.24, 2.45) is 0 Å². The number of hydrogen-bond donors (Lipinski definition) is 0. The van der Waals surface area contributed by atoms with E-state index in [4.69, 9.17) is 91.9 Å². The summed E-state index contributed by atoms with van der Waals surface area (Å²) >= 11 is 0. The Labute approximate surface area is 804 Å². The molecule has 720 valence electrons. The van der Waals surface area contributed by atoms with E-state index in [-0.39, 0.29) is 120 Å². The number of aromatic nitrogens is 36. The SMILES string of the molecule is Cc1cc(C)n2ncnc2n1.Cc1cc(C)n2ncnc2n1.Cc1cc(C)n2ncnc2n1.Cc1cc(C)n2ncnc2n1.Cc1cc(C)n2ncnc2n1.Cc1cc(C)n2ncnc2n1.Cc1cc(C)n2ncnc2n1.Cc1cc(C)n2ncnc2n1.Cc1cc(C)n2ncnc2n1.O=[N+]([O-])[O-].O=[N+]([O-])[O-].O=[N+]([O-])[O-].O=[N+]([O-])[O-].O=[N+]([O-])[O-].O=[N+]([O-])[O-].[La+3].[La+3].[OH3+].[OH3+].[OH3+].[OH3+].[OH3+].[OH3+].[OH3+].[OH3+].[OH3+]. The third-order valence-corrected chi connectivity index (χ3v) is 14.0. The molecule has 0 saturated heterocycles. The van der Waals surface area contributed by atoms with Crippen molar-refractivity contribution in [2.45, 2.75) is 125 Å². The Morgan fingerprint density at radius 3 is 0.306 bits per heavy atom. The second-order valence-corrected chi connectivity index (χ2v) is 23.9. The van der Waals surface area contributed by atoms with Gasteiger partial charge in [0, 0.05) is 102 Å². The summed E-state index contributed by atoms with van der Waals surface area (Å²) in [4.78, 5) is 123. The van der Waals surface area contributed by atoms with E-state index < -0.39 is 30.5 Å². The van der Waals surface area contributed by atoms with Crippen molar-refractivity contribution in [1.82, 2.24) is 176 Å². The summed E-state index contributed by atoms with van der Waals surface area (Å²) < 4.78 is 15.4. The molecule has 0 amide bonds. The smallest absolute Gasteiger partial charge is 0.457 e. The number of nitrogens with zero attached hydrogens (tertiary/aromatic N) is 42. The van der Waals surface area contributed by atoms with Crippen LogP contribution in [0.15, 0.2) is 112 Å². The standard InChI is InChI=1S/9C7H8N4.2La.6NO3.9H2O/c9*1-5-3-6(2)11-7(10-5)8-4-9-11;;;6*2-1(3)4;;;;;;;;;/h9*3-4H,1-2H3;;;;;;;;;9*1H2/q;;;;;;;;;2*+3;6*-1;;;;;;;;;/p+9. The molecule has 69 nitrogen and oxygen atoms in total. The van der Waals surface area contributed by atoms with Crippen LogP contribution in [0.1, 0.15) is 102 Å². The van der Waals surface area contributed by atoms with E-state index in [1.807, 2.05) is 179 Å². The van der Waals surface area contributed by atoms with Crippen LogP contribution in [-0.2, 0) is 49.3 Å². The molecule has 0 unspecified atom stereocenters. The maximum absolute atomic E-state index is 8.25. The molecule has 0 bridgehead atoms. The Balaban J connectivity index is -0.000000213. The predicted octanol–water partition coefficient (Wildman–Crippen LogP) is -3.06. The van der Waals surface area contributed by atoms with E-state index in [0.29, 0.717) is 52.0 Å². The van der Waals surface area contributed by atoms with Crippen molar-refractivity contribution in [3.63, 3.8) is 0 Å². The summed E-state index contributed by atoms with van der Waals surface area (Å²) in [7, 11) is 0. The van der Waals surface area contributed by atoms with Gasteiger partial charge in [-0.3, -0.25) is 0 Å². The monoisotopic (exact) mass is 2150 g/mol. The zero-order chi connectivity index (χ0) is 92.1. The molecular formula is C63H99La2N42O27+9. The first-order valence-electron chi connectivity index (χ1n) is 34.0. The van der Waals surface area contributed by atoms with Crippen LogP contribution >= 0.6 is 0 Å². The maximum atomic E-state index is 8.25. The Bertz CT molecular complexity index is 5320. The zero-order valence-corrected chi connectivity index (χ0v) is 81.6. The normalized spacial score (nSPS) is 9.00. The minimum atomic E-state index is -1.75. The molecule has 0 aromatic carbocycles. The first-order chi connectivity index (χ1) is 57.8. The minimum absolute atomic E-state index is 0. The van der Waals surface area contributed by atoms with Gasteiger partial charge in [-0.25, -0.2) is 85.5 Å². The molecular weight excluding hydrogens is 2050 g/mol. The van der Waals surface area contributed by atoms with Gasteiger partial charge >= 0.3 is 71.2 Å². The van der Waals surface area contributed by atoms with Gasteiger partial charge in [-0.15, -0.1) is 0 Å². The fourth-order valence-corrected chi connectivity index (χ4v) is 10.0. The van der Waals surface area contributed by atoms with Crippen molar-refractivity contribution in [3.05, 3.63) is 306 Å². The number of aryl methyl sites for hydroxylation is 18. The molecule has 71 heteroatoms. The van der Waals surface area contributed by atoms with Crippen molar-refractivity contribution >= 4 is 52.0 Å². The van der Waals surface area contributed by atoms with E-state index >= 15 is 0 Å². The van der Waals surface area contributed by atoms with Gasteiger partial charge < -0.3 is 141 Å². The molecule has 18 rings (SSSR count). The molecule has 18 aromatic heterocycles. The molecule has 0 saturated carbocycles. The van der Waals surface area contributed by atoms with Crippen LogP contribution in [0, 0.1) is 288 Å². The van der Waals surface area contributed by atoms with Crippen LogP contribution in [0.5, 0.6) is 0 Å². The maximum Gasteiger partial charge on any atom is 3.00 e. The first kappa shape index (κ1) is 134. The Kier molecular flexibility index (Phi) is 65.5. The summed E-state index contributed by atoms with van der Waals surface area (Å²) in [6.07, 6.45) is 13.6.